The second-order valence-corrected chi connectivity index (χ2v) is 3.23. The van der Waals surface area contributed by atoms with E-state index in [1.807, 2.05) is 6.08 Å². The third kappa shape index (κ3) is 2.34. The summed E-state index contributed by atoms with van der Waals surface area (Å²) in [6, 6.07) is -0.174. The third-order valence-electron chi connectivity index (χ3n) is 2.31. The summed E-state index contributed by atoms with van der Waals surface area (Å²) in [5.41, 5.74) is 5.73. The number of carboxylic acid groups (broad SMARTS) is 1. The van der Waals surface area contributed by atoms with Crippen LogP contribution in [0.5, 0.6) is 0 Å². The average molecular weight is 169 g/mol. The summed E-state index contributed by atoms with van der Waals surface area (Å²) in [7, 11) is 0. The van der Waals surface area contributed by atoms with E-state index in [4.69, 9.17) is 10.8 Å². The molecule has 0 heterocycles. The van der Waals surface area contributed by atoms with Crippen molar-refractivity contribution in [3.8, 4) is 0 Å². The van der Waals surface area contributed by atoms with Crippen LogP contribution in [-0.4, -0.2) is 17.1 Å². The summed E-state index contributed by atoms with van der Waals surface area (Å²) >= 11 is 0. The van der Waals surface area contributed by atoms with Gasteiger partial charge in [-0.1, -0.05) is 12.2 Å². The van der Waals surface area contributed by atoms with Crippen LogP contribution in [0.3, 0.4) is 0 Å². The maximum atomic E-state index is 10.7. The lowest BCUT2D eigenvalue weighted by Gasteiger charge is -2.20. The van der Waals surface area contributed by atoms with Gasteiger partial charge in [-0.3, -0.25) is 4.79 Å². The Morgan fingerprint density at radius 3 is 2.50 bits per heavy atom. The van der Waals surface area contributed by atoms with Crippen LogP contribution in [0.25, 0.3) is 0 Å². The second-order valence-electron chi connectivity index (χ2n) is 3.23. The predicted octanol–water partition coefficient (Wildman–Crippen LogP) is 1.14. The topological polar surface area (TPSA) is 63.3 Å². The highest BCUT2D eigenvalue weighted by atomic mass is 16.4. The molecule has 68 valence electrons. The van der Waals surface area contributed by atoms with Gasteiger partial charge in [0.2, 0.25) is 0 Å². The number of carboxylic acids is 1. The van der Waals surface area contributed by atoms with Gasteiger partial charge in [-0.25, -0.2) is 0 Å². The van der Waals surface area contributed by atoms with Crippen LogP contribution in [-0.2, 0) is 4.79 Å². The molecule has 3 N–H and O–H groups in total. The number of allylic oxidation sites excluding steroid dienone is 2. The number of hydrogen-bond donors (Lipinski definition) is 2. The standard InChI is InChI=1S/C9H15NO2/c10-8-6-4-2-1-3-5-7(8)9(11)12/h1-2,7-8H,3-6,10H2,(H,11,12)/t7-,8-/m1/s1. The lowest BCUT2D eigenvalue weighted by atomic mass is 9.90. The highest BCUT2D eigenvalue weighted by molar-refractivity contribution is 5.70. The Labute approximate surface area is 72.3 Å². The Morgan fingerprint density at radius 2 is 1.92 bits per heavy atom. The summed E-state index contributed by atoms with van der Waals surface area (Å²) < 4.78 is 0. The first kappa shape index (κ1) is 9.26. The fourth-order valence-corrected chi connectivity index (χ4v) is 1.52. The molecule has 0 bridgehead atoms. The number of carbonyl (C=O) groups is 1. The minimum absolute atomic E-state index is 0.174. The van der Waals surface area contributed by atoms with Crippen molar-refractivity contribution in [2.45, 2.75) is 31.7 Å². The van der Waals surface area contributed by atoms with Crippen molar-refractivity contribution in [2.75, 3.05) is 0 Å². The maximum Gasteiger partial charge on any atom is 0.308 e. The van der Waals surface area contributed by atoms with Gasteiger partial charge in [0.15, 0.2) is 0 Å². The Balaban J connectivity index is 2.58. The zero-order valence-corrected chi connectivity index (χ0v) is 7.07. The molecule has 0 saturated heterocycles. The normalized spacial score (nSPS) is 30.8. The van der Waals surface area contributed by atoms with Gasteiger partial charge in [0.25, 0.3) is 0 Å². The second kappa shape index (κ2) is 4.26. The predicted molar refractivity (Wildman–Crippen MR) is 46.7 cm³/mol. The van der Waals surface area contributed by atoms with Gasteiger partial charge in [-0.05, 0) is 25.7 Å². The van der Waals surface area contributed by atoms with Gasteiger partial charge >= 0.3 is 5.97 Å². The molecule has 12 heavy (non-hydrogen) atoms. The van der Waals surface area contributed by atoms with Crippen molar-refractivity contribution in [3.63, 3.8) is 0 Å². The first-order valence-corrected chi connectivity index (χ1v) is 4.35. The average Bonchev–Trinajstić information content (AvgIpc) is 1.96. The van der Waals surface area contributed by atoms with Crippen molar-refractivity contribution in [1.82, 2.24) is 0 Å². The Morgan fingerprint density at radius 1 is 1.33 bits per heavy atom. The number of nitrogens with two attached hydrogens (primary N) is 1. The molecule has 0 aliphatic heterocycles. The summed E-state index contributed by atoms with van der Waals surface area (Å²) in [6.07, 6.45) is 7.33. The molecule has 0 unspecified atom stereocenters. The van der Waals surface area contributed by atoms with Crippen molar-refractivity contribution < 1.29 is 9.90 Å². The molecular weight excluding hydrogens is 154 g/mol. The molecule has 0 fully saturated rings. The van der Waals surface area contributed by atoms with E-state index in [0.29, 0.717) is 6.42 Å². The Kier molecular flexibility index (Phi) is 3.29. The lowest BCUT2D eigenvalue weighted by molar-refractivity contribution is -0.142. The monoisotopic (exact) mass is 169 g/mol. The largest absolute Gasteiger partial charge is 0.481 e. The van der Waals surface area contributed by atoms with Crippen LogP contribution in [0.4, 0.5) is 0 Å². The van der Waals surface area contributed by atoms with Crippen molar-refractivity contribution >= 4 is 5.97 Å². The molecule has 0 aromatic rings. The van der Waals surface area contributed by atoms with E-state index < -0.39 is 5.97 Å². The van der Waals surface area contributed by atoms with E-state index in [9.17, 15) is 4.79 Å². The van der Waals surface area contributed by atoms with Crippen molar-refractivity contribution in [3.05, 3.63) is 12.2 Å². The smallest absolute Gasteiger partial charge is 0.308 e. The van der Waals surface area contributed by atoms with E-state index in [1.165, 1.54) is 0 Å². The van der Waals surface area contributed by atoms with E-state index in [1.54, 1.807) is 0 Å². The van der Waals surface area contributed by atoms with E-state index in [-0.39, 0.29) is 12.0 Å². The minimum atomic E-state index is -0.752. The molecule has 1 rings (SSSR count). The first-order valence-electron chi connectivity index (χ1n) is 4.35. The molecule has 0 aromatic carbocycles. The summed E-state index contributed by atoms with van der Waals surface area (Å²) in [6.45, 7) is 0. The van der Waals surface area contributed by atoms with Crippen LogP contribution < -0.4 is 5.73 Å². The molecule has 0 saturated carbocycles. The Bertz CT molecular complexity index is 189. The van der Waals surface area contributed by atoms with Gasteiger partial charge in [0.1, 0.15) is 0 Å². The molecule has 0 amide bonds. The first-order chi connectivity index (χ1) is 5.72. The van der Waals surface area contributed by atoms with Crippen LogP contribution in [0, 0.1) is 5.92 Å². The molecule has 0 aromatic heterocycles. The zero-order valence-electron chi connectivity index (χ0n) is 7.07. The fraction of sp³-hybridized carbons (Fsp3) is 0.667. The molecule has 3 heteroatoms. The maximum absolute atomic E-state index is 10.7. The highest BCUT2D eigenvalue weighted by Gasteiger charge is 2.24. The summed E-state index contributed by atoms with van der Waals surface area (Å²) in [5, 5.41) is 8.82. The van der Waals surface area contributed by atoms with Crippen LogP contribution in [0.1, 0.15) is 25.7 Å². The number of hydrogen-bond acceptors (Lipinski definition) is 2. The molecule has 3 nitrogen and oxygen atoms in total. The Hall–Kier alpha value is -0.830. The minimum Gasteiger partial charge on any atom is -0.481 e. The fourth-order valence-electron chi connectivity index (χ4n) is 1.52. The van der Waals surface area contributed by atoms with E-state index in [0.717, 1.165) is 19.3 Å². The van der Waals surface area contributed by atoms with Crippen LogP contribution in [0.15, 0.2) is 12.2 Å². The molecule has 2 atom stereocenters. The number of aliphatic carboxylic acids is 1. The summed E-state index contributed by atoms with van der Waals surface area (Å²) in [5.74, 6) is -1.10. The number of rotatable bonds is 1. The third-order valence-corrected chi connectivity index (χ3v) is 2.31. The van der Waals surface area contributed by atoms with E-state index in [2.05, 4.69) is 6.08 Å². The van der Waals surface area contributed by atoms with Gasteiger partial charge in [-0.15, -0.1) is 0 Å². The summed E-state index contributed by atoms with van der Waals surface area (Å²) in [4.78, 5) is 10.7. The van der Waals surface area contributed by atoms with E-state index >= 15 is 0 Å². The van der Waals surface area contributed by atoms with Gasteiger partial charge in [0.05, 0.1) is 5.92 Å². The molecule has 0 spiro atoms. The molecular formula is C9H15NO2. The van der Waals surface area contributed by atoms with Crippen LogP contribution >= 0.6 is 0 Å². The van der Waals surface area contributed by atoms with Gasteiger partial charge < -0.3 is 10.8 Å². The van der Waals surface area contributed by atoms with Gasteiger partial charge in [-0.2, -0.15) is 0 Å². The lowest BCUT2D eigenvalue weighted by Crippen LogP contribution is -2.35. The SMILES string of the molecule is N[C@@H]1CCC=CCC[C@H]1C(=O)O. The highest BCUT2D eigenvalue weighted by Crippen LogP contribution is 2.17. The quantitative estimate of drug-likeness (QED) is 0.579. The van der Waals surface area contributed by atoms with Crippen molar-refractivity contribution in [2.24, 2.45) is 11.7 Å². The van der Waals surface area contributed by atoms with Gasteiger partial charge in [0, 0.05) is 6.04 Å². The van der Waals surface area contributed by atoms with Crippen LogP contribution in [0.2, 0.25) is 0 Å². The zero-order chi connectivity index (χ0) is 8.97. The molecule has 1 aliphatic carbocycles. The molecule has 0 radical (unpaired) electrons. The molecule has 1 aliphatic rings. The van der Waals surface area contributed by atoms with Crippen molar-refractivity contribution in [1.29, 1.82) is 0 Å².